The van der Waals surface area contributed by atoms with Crippen molar-refractivity contribution in [2.45, 2.75) is 19.6 Å². The molecule has 15 aromatic rings. The van der Waals surface area contributed by atoms with Crippen molar-refractivity contribution in [3.63, 3.8) is 0 Å². The summed E-state index contributed by atoms with van der Waals surface area (Å²) in [6.07, 6.45) is 0. The van der Waals surface area contributed by atoms with E-state index in [1.165, 1.54) is 74.7 Å². The van der Waals surface area contributed by atoms with Gasteiger partial charge in [-0.1, -0.05) is 301 Å². The number of benzene rings is 15. The van der Waals surface area contributed by atoms with Crippen LogP contribution in [0.5, 0.6) is 0 Å². The maximum absolute atomic E-state index is 2.69. The van der Waals surface area contributed by atoms with E-state index in [4.69, 9.17) is 0 Å². The molecule has 0 amide bonds. The van der Waals surface area contributed by atoms with Gasteiger partial charge >= 0.3 is 0 Å². The highest BCUT2D eigenvalue weighted by Gasteiger charge is 2.47. The molecule has 0 atom stereocenters. The zero-order chi connectivity index (χ0) is 64.6. The average Bonchev–Trinajstić information content (AvgIpc) is 0.688. The molecule has 4 nitrogen and oxygen atoms in total. The first-order chi connectivity index (χ1) is 48.6. The summed E-state index contributed by atoms with van der Waals surface area (Å²) in [6, 6.07) is 135. The molecule has 0 fully saturated rings. The molecule has 0 aliphatic carbocycles. The van der Waals surface area contributed by atoms with Gasteiger partial charge in [-0.25, -0.2) is 0 Å². The molecule has 19 rings (SSSR count). The van der Waals surface area contributed by atoms with Crippen molar-refractivity contribution in [3.05, 3.63) is 364 Å². The van der Waals surface area contributed by atoms with Gasteiger partial charge < -0.3 is 19.6 Å². The van der Waals surface area contributed by atoms with E-state index >= 15 is 0 Å². The van der Waals surface area contributed by atoms with Gasteiger partial charge in [0.2, 0.25) is 6.71 Å². The Kier molecular flexibility index (Phi) is 14.3. The number of anilines is 12. The van der Waals surface area contributed by atoms with Gasteiger partial charge in [-0.05, 0) is 147 Å². The van der Waals surface area contributed by atoms with Crippen molar-refractivity contribution in [1.29, 1.82) is 0 Å². The van der Waals surface area contributed by atoms with E-state index in [-0.39, 0.29) is 13.4 Å². The highest BCUT2D eigenvalue weighted by atomic mass is 32.2. The Balaban J connectivity index is 0.899. The maximum Gasteiger partial charge on any atom is 0.252 e. The third kappa shape index (κ3) is 9.73. The van der Waals surface area contributed by atoms with Gasteiger partial charge in [0.15, 0.2) is 0 Å². The summed E-state index contributed by atoms with van der Waals surface area (Å²) in [5.41, 5.74) is 30.4. The molecule has 0 bridgehead atoms. The third-order valence-electron chi connectivity index (χ3n) is 19.9. The van der Waals surface area contributed by atoms with Crippen LogP contribution < -0.4 is 52.4 Å². The molecular formula is C90H60B2N4S2. The highest BCUT2D eigenvalue weighted by molar-refractivity contribution is 8.01. The summed E-state index contributed by atoms with van der Waals surface area (Å²) in [5.74, 6) is 0. The first kappa shape index (κ1) is 57.7. The van der Waals surface area contributed by atoms with Gasteiger partial charge in [0.25, 0.3) is 6.71 Å². The zero-order valence-corrected chi connectivity index (χ0v) is 55.0. The molecule has 98 heavy (non-hydrogen) atoms. The molecule has 4 heterocycles. The predicted molar refractivity (Wildman–Crippen MR) is 417 cm³/mol. The molecule has 0 unspecified atom stereocenters. The van der Waals surface area contributed by atoms with E-state index in [1.54, 1.807) is 0 Å². The second kappa shape index (κ2) is 24.2. The van der Waals surface area contributed by atoms with Crippen LogP contribution in [0.4, 0.5) is 68.2 Å². The fraction of sp³-hybridized carbons (Fsp3) is 0. The molecule has 0 saturated carbocycles. The monoisotopic (exact) mass is 1280 g/mol. The molecule has 458 valence electrons. The van der Waals surface area contributed by atoms with Crippen LogP contribution in [-0.2, 0) is 0 Å². The lowest BCUT2D eigenvalue weighted by molar-refractivity contribution is 1.22. The largest absolute Gasteiger partial charge is 0.311 e. The normalized spacial score (nSPS) is 12.7. The van der Waals surface area contributed by atoms with Gasteiger partial charge in [-0.2, -0.15) is 0 Å². The third-order valence-corrected chi connectivity index (χ3v) is 22.2. The Labute approximate surface area is 581 Å². The minimum Gasteiger partial charge on any atom is -0.311 e. The van der Waals surface area contributed by atoms with E-state index in [9.17, 15) is 0 Å². The number of para-hydroxylation sites is 6. The van der Waals surface area contributed by atoms with Crippen molar-refractivity contribution >= 4 is 138 Å². The van der Waals surface area contributed by atoms with Crippen molar-refractivity contribution in [2.24, 2.45) is 0 Å². The number of rotatable bonds is 12. The fourth-order valence-corrected chi connectivity index (χ4v) is 18.2. The second-order valence-electron chi connectivity index (χ2n) is 25.4. The maximum atomic E-state index is 2.69. The summed E-state index contributed by atoms with van der Waals surface area (Å²) in [4.78, 5) is 15.2. The second-order valence-corrected chi connectivity index (χ2v) is 27.6. The van der Waals surface area contributed by atoms with Crippen LogP contribution in [0, 0.1) is 0 Å². The van der Waals surface area contributed by atoms with E-state index in [0.29, 0.717) is 0 Å². The molecule has 0 N–H and O–H groups in total. The lowest BCUT2D eigenvalue weighted by Crippen LogP contribution is -2.64. The van der Waals surface area contributed by atoms with E-state index in [1.807, 2.05) is 23.5 Å². The molecule has 15 aromatic carbocycles. The van der Waals surface area contributed by atoms with E-state index in [2.05, 4.69) is 384 Å². The van der Waals surface area contributed by atoms with Crippen LogP contribution in [-0.4, -0.2) is 13.4 Å². The van der Waals surface area contributed by atoms with Crippen LogP contribution in [0.2, 0.25) is 0 Å². The zero-order valence-electron chi connectivity index (χ0n) is 53.4. The summed E-state index contributed by atoms with van der Waals surface area (Å²) in [5, 5.41) is 0. The average molecular weight is 1280 g/mol. The number of hydrogen-bond donors (Lipinski definition) is 0. The highest BCUT2D eigenvalue weighted by Crippen LogP contribution is 2.54. The Morgan fingerprint density at radius 3 is 1.31 bits per heavy atom. The molecule has 0 radical (unpaired) electrons. The van der Waals surface area contributed by atoms with Crippen LogP contribution >= 0.6 is 23.5 Å². The number of fused-ring (bicyclic) bond motifs is 8. The Bertz CT molecular complexity index is 5440. The molecule has 8 heteroatoms. The van der Waals surface area contributed by atoms with Crippen molar-refractivity contribution < 1.29 is 0 Å². The Morgan fingerprint density at radius 2 is 0.684 bits per heavy atom. The molecule has 4 aliphatic rings. The quantitative estimate of drug-likeness (QED) is 0.112. The standard InChI is InChI=1S/C90H60B2N4S2/c1-8-29-61(30-9-1)62-51-53-69(54-52-62)94(79-48-25-22-43-72(79)63-31-10-2-11-32-63)71-57-86-89-87(58-71)98-85-60-81-77(59-78(85)92(89)76-47-24-27-50-84(76)97-86)91-75-46-23-26-49-80(75)95(68-41-20-7-21-42-68)82-55-70(93(66-37-16-5-17-38-66)67-39-18-6-19-40-67)56-83(88(82)91)96(81)90-73(64-33-12-3-13-34-64)44-28-45-74(90)65-35-14-4-15-36-65/h1-60H. The molecule has 4 aliphatic heterocycles. The first-order valence-electron chi connectivity index (χ1n) is 33.6. The SMILES string of the molecule is c1ccc(-c2ccc(N(c3cc4c5c(c3)Sc3cc6c(cc3B5c3ccccc3S4)B3c4ccccc4N(c4ccccc4)c4cc(N(c5ccccc5)c5ccccc5)cc(c43)N6c3c(-c4ccccc4)cccc3-c3ccccc3)c3ccccc3-c3ccccc3)cc2)cc1. The van der Waals surface area contributed by atoms with Crippen molar-refractivity contribution in [3.8, 4) is 44.5 Å². The van der Waals surface area contributed by atoms with Crippen LogP contribution in [0.1, 0.15) is 0 Å². The van der Waals surface area contributed by atoms with E-state index < -0.39 is 0 Å². The van der Waals surface area contributed by atoms with Crippen molar-refractivity contribution in [2.75, 3.05) is 19.6 Å². The predicted octanol–water partition coefficient (Wildman–Crippen LogP) is 20.8. The minimum atomic E-state index is -0.166. The minimum absolute atomic E-state index is 0.0543. The van der Waals surface area contributed by atoms with Crippen LogP contribution in [0.25, 0.3) is 44.5 Å². The van der Waals surface area contributed by atoms with Crippen molar-refractivity contribution in [1.82, 2.24) is 0 Å². The summed E-state index contributed by atoms with van der Waals surface area (Å²) in [7, 11) is 0. The summed E-state index contributed by atoms with van der Waals surface area (Å²) >= 11 is 3.84. The van der Waals surface area contributed by atoms with Gasteiger partial charge in [0.05, 0.1) is 17.1 Å². The molecule has 0 spiro atoms. The first-order valence-corrected chi connectivity index (χ1v) is 35.3. The Morgan fingerprint density at radius 1 is 0.235 bits per heavy atom. The van der Waals surface area contributed by atoms with Crippen LogP contribution in [0.3, 0.4) is 0 Å². The van der Waals surface area contributed by atoms with Gasteiger partial charge in [-0.15, -0.1) is 0 Å². The smallest absolute Gasteiger partial charge is 0.252 e. The molecule has 0 saturated heterocycles. The number of nitrogens with zero attached hydrogens (tertiary/aromatic N) is 4. The fourth-order valence-electron chi connectivity index (χ4n) is 15.7. The summed E-state index contributed by atoms with van der Waals surface area (Å²) in [6.45, 7) is -0.220. The molecular weight excluding hydrogens is 1220 g/mol. The lowest BCUT2D eigenvalue weighted by atomic mass is 9.31. The van der Waals surface area contributed by atoms with Crippen LogP contribution in [0.15, 0.2) is 384 Å². The van der Waals surface area contributed by atoms with Gasteiger partial charge in [0, 0.05) is 87.5 Å². The lowest BCUT2D eigenvalue weighted by Gasteiger charge is -2.46. The topological polar surface area (TPSA) is 13.0 Å². The number of hydrogen-bond acceptors (Lipinski definition) is 6. The Hall–Kier alpha value is -11.7. The molecule has 0 aromatic heterocycles. The van der Waals surface area contributed by atoms with Gasteiger partial charge in [-0.3, -0.25) is 0 Å². The van der Waals surface area contributed by atoms with E-state index in [0.717, 1.165) is 90.4 Å². The summed E-state index contributed by atoms with van der Waals surface area (Å²) < 4.78 is 0. The van der Waals surface area contributed by atoms with Gasteiger partial charge in [0.1, 0.15) is 0 Å².